The zero-order chi connectivity index (χ0) is 31.3. The predicted octanol–water partition coefficient (Wildman–Crippen LogP) is 2.39. The summed E-state index contributed by atoms with van der Waals surface area (Å²) in [4.78, 5) is 58.5. The number of hydrogen-bond donors (Lipinski definition) is 2. The topological polar surface area (TPSA) is 145 Å². The van der Waals surface area contributed by atoms with Gasteiger partial charge in [0, 0.05) is 32.5 Å². The molecule has 0 aromatic carbocycles. The summed E-state index contributed by atoms with van der Waals surface area (Å²) in [5, 5.41) is 14.1. The third kappa shape index (κ3) is 6.21. The van der Waals surface area contributed by atoms with E-state index in [9.17, 15) is 46.4 Å². The summed E-state index contributed by atoms with van der Waals surface area (Å²) in [5.41, 5.74) is -1.63. The number of aromatic nitrogens is 1. The van der Waals surface area contributed by atoms with Crippen molar-refractivity contribution < 1.29 is 45.9 Å². The number of nitrogens with zero attached hydrogens (tertiary/aromatic N) is 4. The Bertz CT molecular complexity index is 1360. The van der Waals surface area contributed by atoms with Crippen molar-refractivity contribution in [2.45, 2.75) is 80.8 Å². The maximum Gasteiger partial charge on any atom is 0.471 e. The van der Waals surface area contributed by atoms with Crippen LogP contribution in [0.4, 0.5) is 27.8 Å². The van der Waals surface area contributed by atoms with Gasteiger partial charge in [-0.05, 0) is 36.8 Å². The minimum absolute atomic E-state index is 0.0158. The van der Waals surface area contributed by atoms with Crippen LogP contribution >= 0.6 is 0 Å². The second-order valence-electron chi connectivity index (χ2n) is 11.7. The molecular weight excluding hydrogens is 583 g/mol. The standard InChI is InChI=1S/C27H29F5N6O5/c1-37(21(39)17(35-24(42)27(30,31)32)7-15-9-26(28,29)10-15)18(8-14-4-5-14)22(40)38-13-25(11-16(38)12-33)23(41)36-20-19(43-25)3-2-6-34-20/h2-3,6,14-18H,4-5,7-11,13H2,1H3,(H,35,42)(H,34,36,41). The first kappa shape index (κ1) is 30.4. The van der Waals surface area contributed by atoms with E-state index in [0.717, 1.165) is 22.6 Å². The Morgan fingerprint density at radius 3 is 2.53 bits per heavy atom. The molecule has 0 radical (unpaired) electrons. The van der Waals surface area contributed by atoms with Gasteiger partial charge in [0.1, 0.15) is 18.1 Å². The summed E-state index contributed by atoms with van der Waals surface area (Å²) in [5.74, 6) is -8.21. The van der Waals surface area contributed by atoms with E-state index in [0.29, 0.717) is 0 Å². The Labute approximate surface area is 242 Å². The number of likely N-dealkylation sites (tertiary alicyclic amines) is 1. The number of carbonyl (C=O) groups is 4. The Hall–Kier alpha value is -4.03. The molecule has 4 amide bonds. The summed E-state index contributed by atoms with van der Waals surface area (Å²) in [6.45, 7) is -0.348. The van der Waals surface area contributed by atoms with Gasteiger partial charge in [0.25, 0.3) is 5.91 Å². The van der Waals surface area contributed by atoms with Crippen molar-refractivity contribution in [3.63, 3.8) is 0 Å². The number of fused-ring (bicyclic) bond motifs is 1. The second kappa shape index (κ2) is 10.9. The lowest BCUT2D eigenvalue weighted by Crippen LogP contribution is -2.58. The molecule has 43 heavy (non-hydrogen) atoms. The largest absolute Gasteiger partial charge is 0.472 e. The molecule has 1 aromatic heterocycles. The molecule has 1 aromatic rings. The highest BCUT2D eigenvalue weighted by molar-refractivity contribution is 6.01. The fourth-order valence-electron chi connectivity index (χ4n) is 5.93. The van der Waals surface area contributed by atoms with Gasteiger partial charge < -0.3 is 25.2 Å². The molecule has 2 saturated carbocycles. The van der Waals surface area contributed by atoms with Crippen LogP contribution in [0.25, 0.3) is 0 Å². The van der Waals surface area contributed by atoms with Crippen LogP contribution in [0.5, 0.6) is 5.75 Å². The molecule has 4 aliphatic rings. The van der Waals surface area contributed by atoms with E-state index in [1.54, 1.807) is 17.4 Å². The molecule has 1 spiro atoms. The zero-order valence-electron chi connectivity index (χ0n) is 23.0. The smallest absolute Gasteiger partial charge is 0.471 e. The van der Waals surface area contributed by atoms with Crippen LogP contribution in [0.3, 0.4) is 0 Å². The van der Waals surface area contributed by atoms with E-state index in [2.05, 4.69) is 10.3 Å². The molecule has 4 atom stereocenters. The minimum atomic E-state index is -5.33. The molecule has 3 heterocycles. The molecule has 2 N–H and O–H groups in total. The van der Waals surface area contributed by atoms with Crippen LogP contribution in [0.1, 0.15) is 44.9 Å². The van der Waals surface area contributed by atoms with Gasteiger partial charge in [-0.15, -0.1) is 0 Å². The van der Waals surface area contributed by atoms with Crippen LogP contribution in [0, 0.1) is 23.2 Å². The van der Waals surface area contributed by atoms with Gasteiger partial charge in [0.2, 0.25) is 23.3 Å². The average Bonchev–Trinajstić information content (AvgIpc) is 3.67. The Kier molecular flexibility index (Phi) is 7.72. The predicted molar refractivity (Wildman–Crippen MR) is 136 cm³/mol. The zero-order valence-corrected chi connectivity index (χ0v) is 23.0. The first-order chi connectivity index (χ1) is 20.1. The molecule has 16 heteroatoms. The lowest BCUT2D eigenvalue weighted by Gasteiger charge is -2.39. The molecule has 232 valence electrons. The van der Waals surface area contributed by atoms with E-state index in [-0.39, 0.29) is 36.9 Å². The van der Waals surface area contributed by atoms with Gasteiger partial charge in [-0.1, -0.05) is 12.8 Å². The number of likely N-dealkylation sites (N-methyl/N-ethyl adjacent to an activating group) is 1. The van der Waals surface area contributed by atoms with Gasteiger partial charge in [-0.25, -0.2) is 13.8 Å². The van der Waals surface area contributed by atoms with Crippen LogP contribution in [0.15, 0.2) is 18.3 Å². The maximum absolute atomic E-state index is 14.0. The molecule has 5 rings (SSSR count). The molecule has 0 bridgehead atoms. The number of alkyl halides is 5. The van der Waals surface area contributed by atoms with E-state index in [4.69, 9.17) is 4.74 Å². The van der Waals surface area contributed by atoms with Crippen LogP contribution in [0.2, 0.25) is 0 Å². The number of anilines is 1. The quantitative estimate of drug-likeness (QED) is 0.429. The fraction of sp³-hybridized carbons (Fsp3) is 0.630. The number of nitriles is 1. The molecule has 3 fully saturated rings. The Morgan fingerprint density at radius 1 is 1.23 bits per heavy atom. The van der Waals surface area contributed by atoms with Crippen molar-refractivity contribution in [1.82, 2.24) is 20.1 Å². The highest BCUT2D eigenvalue weighted by Crippen LogP contribution is 2.45. The highest BCUT2D eigenvalue weighted by Gasteiger charge is 2.57. The summed E-state index contributed by atoms with van der Waals surface area (Å²) in [6.07, 6.45) is -4.26. The molecule has 11 nitrogen and oxygen atoms in total. The van der Waals surface area contributed by atoms with Crippen molar-refractivity contribution in [1.29, 1.82) is 5.26 Å². The van der Waals surface area contributed by atoms with Crippen molar-refractivity contribution in [2.75, 3.05) is 18.9 Å². The minimum Gasteiger partial charge on any atom is -0.472 e. The number of pyridine rings is 1. The molecule has 2 aliphatic heterocycles. The second-order valence-corrected chi connectivity index (χ2v) is 11.7. The first-order valence-electron chi connectivity index (χ1n) is 13.8. The number of amides is 4. The fourth-order valence-corrected chi connectivity index (χ4v) is 5.93. The monoisotopic (exact) mass is 612 g/mol. The number of rotatable bonds is 8. The average molecular weight is 613 g/mol. The van der Waals surface area contributed by atoms with Gasteiger partial charge in [-0.2, -0.15) is 18.4 Å². The Balaban J connectivity index is 1.37. The normalized spacial score (nSPS) is 25.8. The molecule has 2 aliphatic carbocycles. The lowest BCUT2D eigenvalue weighted by molar-refractivity contribution is -0.176. The van der Waals surface area contributed by atoms with Crippen molar-refractivity contribution in [3.05, 3.63) is 18.3 Å². The number of carbonyl (C=O) groups excluding carboxylic acids is 4. The van der Waals surface area contributed by atoms with Crippen LogP contribution < -0.4 is 15.4 Å². The molecular formula is C27H29F5N6O5. The number of ether oxygens (including phenoxy) is 1. The van der Waals surface area contributed by atoms with E-state index in [1.807, 2.05) is 6.07 Å². The van der Waals surface area contributed by atoms with Gasteiger partial charge in [-0.3, -0.25) is 19.2 Å². The van der Waals surface area contributed by atoms with Gasteiger partial charge in [0.05, 0.1) is 12.6 Å². The first-order valence-corrected chi connectivity index (χ1v) is 13.8. The highest BCUT2D eigenvalue weighted by atomic mass is 19.4. The van der Waals surface area contributed by atoms with Crippen molar-refractivity contribution >= 4 is 29.4 Å². The lowest BCUT2D eigenvalue weighted by atomic mass is 9.77. The number of halogens is 5. The van der Waals surface area contributed by atoms with E-state index < -0.39 is 84.6 Å². The molecule has 4 unspecified atom stereocenters. The molecule has 1 saturated heterocycles. The number of hydrogen-bond acceptors (Lipinski definition) is 7. The van der Waals surface area contributed by atoms with Gasteiger partial charge >= 0.3 is 12.1 Å². The SMILES string of the molecule is CN(C(=O)C(CC1CC(F)(F)C1)NC(=O)C(F)(F)F)C(CC1CC1)C(=O)N1CC2(CC1C#N)Oc1cccnc1NC2=O. The van der Waals surface area contributed by atoms with Crippen molar-refractivity contribution in [3.8, 4) is 11.8 Å². The van der Waals surface area contributed by atoms with Crippen molar-refractivity contribution in [2.24, 2.45) is 11.8 Å². The summed E-state index contributed by atoms with van der Waals surface area (Å²) in [6, 6.07) is 0.909. The maximum atomic E-state index is 14.0. The van der Waals surface area contributed by atoms with Crippen LogP contribution in [-0.4, -0.2) is 87.8 Å². The van der Waals surface area contributed by atoms with E-state index in [1.165, 1.54) is 13.2 Å². The third-order valence-electron chi connectivity index (χ3n) is 8.44. The summed E-state index contributed by atoms with van der Waals surface area (Å²) in [7, 11) is 1.19. The van der Waals surface area contributed by atoms with Crippen LogP contribution in [-0.2, 0) is 19.2 Å². The third-order valence-corrected chi connectivity index (χ3v) is 8.44. The van der Waals surface area contributed by atoms with Gasteiger partial charge in [0.15, 0.2) is 11.6 Å². The number of nitrogens with one attached hydrogen (secondary N) is 2. The van der Waals surface area contributed by atoms with E-state index >= 15 is 0 Å². The summed E-state index contributed by atoms with van der Waals surface area (Å²) >= 11 is 0. The summed E-state index contributed by atoms with van der Waals surface area (Å²) < 4.78 is 72.1. The Morgan fingerprint density at radius 2 is 1.93 bits per heavy atom.